The van der Waals surface area contributed by atoms with Gasteiger partial charge in [0.25, 0.3) is 5.91 Å². The fourth-order valence-corrected chi connectivity index (χ4v) is 4.21. The highest BCUT2D eigenvalue weighted by Crippen LogP contribution is 2.24. The first-order chi connectivity index (χ1) is 13.5. The molecule has 1 heterocycles. The number of carbonyl (C=O) groups excluding carboxylic acids is 1. The molecule has 1 atom stereocenters. The van der Waals surface area contributed by atoms with Gasteiger partial charge >= 0.3 is 0 Å². The third-order valence-electron chi connectivity index (χ3n) is 4.56. The molecule has 28 heavy (non-hydrogen) atoms. The predicted octanol–water partition coefficient (Wildman–Crippen LogP) is 3.24. The average Bonchev–Trinajstić information content (AvgIpc) is 3.34. The normalized spacial score (nSPS) is 15.1. The van der Waals surface area contributed by atoms with Gasteiger partial charge < -0.3 is 9.73 Å². The molecule has 0 spiro atoms. The molecule has 0 aliphatic heterocycles. The van der Waals surface area contributed by atoms with E-state index in [0.29, 0.717) is 11.3 Å². The summed E-state index contributed by atoms with van der Waals surface area (Å²) < 4.78 is 32.6. The number of carbonyl (C=O) groups is 1. The highest BCUT2D eigenvalue weighted by Gasteiger charge is 2.28. The third-order valence-corrected chi connectivity index (χ3v) is 6.10. The molecule has 144 valence electrons. The standard InChI is InChI=1S/C21H20N2O4S/c24-21(16-8-12-18(13-9-16)28(25,26)23-17-10-11-17)22-20(19-7-4-14-27-19)15-5-2-1-3-6-15/h1-9,12-14,17,20,23H,10-11H2,(H,22,24). The highest BCUT2D eigenvalue weighted by molar-refractivity contribution is 7.89. The van der Waals surface area contributed by atoms with E-state index in [1.165, 1.54) is 24.3 Å². The molecule has 1 fully saturated rings. The average molecular weight is 396 g/mol. The number of furan rings is 1. The maximum absolute atomic E-state index is 12.8. The molecule has 1 saturated carbocycles. The summed E-state index contributed by atoms with van der Waals surface area (Å²) in [6.07, 6.45) is 3.30. The van der Waals surface area contributed by atoms with E-state index in [-0.39, 0.29) is 16.8 Å². The van der Waals surface area contributed by atoms with Crippen LogP contribution >= 0.6 is 0 Å². The topological polar surface area (TPSA) is 88.4 Å². The van der Waals surface area contributed by atoms with Crippen LogP contribution in [0.15, 0.2) is 82.3 Å². The summed E-state index contributed by atoms with van der Waals surface area (Å²) in [6.45, 7) is 0. The molecule has 7 heteroatoms. The van der Waals surface area contributed by atoms with E-state index in [1.807, 2.05) is 30.3 Å². The van der Waals surface area contributed by atoms with Crippen LogP contribution in [0.4, 0.5) is 0 Å². The second-order valence-corrected chi connectivity index (χ2v) is 8.47. The summed E-state index contributed by atoms with van der Waals surface area (Å²) >= 11 is 0. The van der Waals surface area contributed by atoms with Crippen LogP contribution in [-0.4, -0.2) is 20.4 Å². The molecule has 4 rings (SSSR count). The van der Waals surface area contributed by atoms with Crippen molar-refractivity contribution in [2.45, 2.75) is 29.8 Å². The van der Waals surface area contributed by atoms with Crippen molar-refractivity contribution in [2.75, 3.05) is 0 Å². The van der Waals surface area contributed by atoms with Gasteiger partial charge in [0.1, 0.15) is 11.8 Å². The van der Waals surface area contributed by atoms with E-state index < -0.39 is 16.1 Å². The molecule has 0 bridgehead atoms. The highest BCUT2D eigenvalue weighted by atomic mass is 32.2. The van der Waals surface area contributed by atoms with Crippen molar-refractivity contribution in [3.05, 3.63) is 89.9 Å². The fourth-order valence-electron chi connectivity index (χ4n) is 2.91. The number of sulfonamides is 1. The Labute approximate surface area is 163 Å². The van der Waals surface area contributed by atoms with Gasteiger partial charge in [0.15, 0.2) is 0 Å². The maximum Gasteiger partial charge on any atom is 0.252 e. The van der Waals surface area contributed by atoms with E-state index in [0.717, 1.165) is 18.4 Å². The van der Waals surface area contributed by atoms with E-state index in [2.05, 4.69) is 10.0 Å². The van der Waals surface area contributed by atoms with Crippen molar-refractivity contribution in [3.8, 4) is 0 Å². The summed E-state index contributed by atoms with van der Waals surface area (Å²) in [7, 11) is -3.54. The summed E-state index contributed by atoms with van der Waals surface area (Å²) in [5.41, 5.74) is 1.26. The Hall–Kier alpha value is -2.90. The van der Waals surface area contributed by atoms with Crippen LogP contribution in [0.3, 0.4) is 0 Å². The van der Waals surface area contributed by atoms with Crippen molar-refractivity contribution in [1.82, 2.24) is 10.0 Å². The molecule has 6 nitrogen and oxygen atoms in total. The summed E-state index contributed by atoms with van der Waals surface area (Å²) in [4.78, 5) is 12.9. The number of benzene rings is 2. The molecule has 2 aromatic carbocycles. The second kappa shape index (κ2) is 7.61. The van der Waals surface area contributed by atoms with Gasteiger partial charge in [-0.15, -0.1) is 0 Å². The van der Waals surface area contributed by atoms with Crippen molar-refractivity contribution >= 4 is 15.9 Å². The van der Waals surface area contributed by atoms with Crippen LogP contribution in [0.2, 0.25) is 0 Å². The first-order valence-electron chi connectivity index (χ1n) is 9.04. The molecule has 1 unspecified atom stereocenters. The minimum absolute atomic E-state index is 0.0351. The number of amides is 1. The minimum atomic E-state index is -3.54. The summed E-state index contributed by atoms with van der Waals surface area (Å²) in [5, 5.41) is 2.95. The van der Waals surface area contributed by atoms with Crippen molar-refractivity contribution < 1.29 is 17.6 Å². The van der Waals surface area contributed by atoms with Gasteiger partial charge in [-0.2, -0.15) is 0 Å². The van der Waals surface area contributed by atoms with Gasteiger partial charge in [-0.25, -0.2) is 13.1 Å². The van der Waals surface area contributed by atoms with Gasteiger partial charge in [0.2, 0.25) is 10.0 Å². The lowest BCUT2D eigenvalue weighted by Crippen LogP contribution is -2.29. The van der Waals surface area contributed by atoms with E-state index in [4.69, 9.17) is 4.42 Å². The van der Waals surface area contributed by atoms with Gasteiger partial charge in [0, 0.05) is 11.6 Å². The molecular formula is C21H20N2O4S. The molecule has 1 aromatic heterocycles. The van der Waals surface area contributed by atoms with E-state index in [9.17, 15) is 13.2 Å². The Morgan fingerprint density at radius 1 is 0.964 bits per heavy atom. The Morgan fingerprint density at radius 2 is 1.68 bits per heavy atom. The lowest BCUT2D eigenvalue weighted by Gasteiger charge is -2.17. The Bertz CT molecular complexity index is 1040. The monoisotopic (exact) mass is 396 g/mol. The van der Waals surface area contributed by atoms with Gasteiger partial charge in [0.05, 0.1) is 11.2 Å². The zero-order valence-electron chi connectivity index (χ0n) is 15.0. The number of rotatable bonds is 7. The van der Waals surface area contributed by atoms with Crippen LogP contribution in [0.5, 0.6) is 0 Å². The summed E-state index contributed by atoms with van der Waals surface area (Å²) in [5.74, 6) is 0.303. The lowest BCUT2D eigenvalue weighted by atomic mass is 10.0. The smallest absolute Gasteiger partial charge is 0.252 e. The molecule has 1 amide bonds. The zero-order chi connectivity index (χ0) is 19.6. The van der Waals surface area contributed by atoms with Crippen LogP contribution in [0, 0.1) is 0 Å². The molecular weight excluding hydrogens is 376 g/mol. The lowest BCUT2D eigenvalue weighted by molar-refractivity contribution is 0.0939. The molecule has 0 radical (unpaired) electrons. The number of hydrogen-bond donors (Lipinski definition) is 2. The van der Waals surface area contributed by atoms with Crippen molar-refractivity contribution in [1.29, 1.82) is 0 Å². The van der Waals surface area contributed by atoms with Gasteiger partial charge in [-0.3, -0.25) is 4.79 Å². The molecule has 3 aromatic rings. The Kier molecular flexibility index (Phi) is 5.02. The number of hydrogen-bond acceptors (Lipinski definition) is 4. The third kappa shape index (κ3) is 4.16. The van der Waals surface area contributed by atoms with Crippen molar-refractivity contribution in [3.63, 3.8) is 0 Å². The Balaban J connectivity index is 1.53. The zero-order valence-corrected chi connectivity index (χ0v) is 15.9. The Morgan fingerprint density at radius 3 is 2.29 bits per heavy atom. The molecule has 0 saturated heterocycles. The van der Waals surface area contributed by atoms with Crippen LogP contribution in [-0.2, 0) is 10.0 Å². The summed E-state index contributed by atoms with van der Waals surface area (Å²) in [6, 6.07) is 18.6. The maximum atomic E-state index is 12.8. The first kappa shape index (κ1) is 18.5. The SMILES string of the molecule is O=C(NC(c1ccccc1)c1ccco1)c1ccc(S(=O)(=O)NC2CC2)cc1. The van der Waals surface area contributed by atoms with Crippen LogP contribution in [0.25, 0.3) is 0 Å². The quantitative estimate of drug-likeness (QED) is 0.642. The first-order valence-corrected chi connectivity index (χ1v) is 10.5. The van der Waals surface area contributed by atoms with Gasteiger partial charge in [-0.05, 0) is 54.8 Å². The molecule has 2 N–H and O–H groups in total. The van der Waals surface area contributed by atoms with Crippen LogP contribution < -0.4 is 10.0 Å². The minimum Gasteiger partial charge on any atom is -0.467 e. The van der Waals surface area contributed by atoms with E-state index in [1.54, 1.807) is 18.4 Å². The molecule has 1 aliphatic carbocycles. The van der Waals surface area contributed by atoms with Crippen LogP contribution in [0.1, 0.15) is 40.6 Å². The van der Waals surface area contributed by atoms with E-state index >= 15 is 0 Å². The van der Waals surface area contributed by atoms with Gasteiger partial charge in [-0.1, -0.05) is 30.3 Å². The number of nitrogens with one attached hydrogen (secondary N) is 2. The van der Waals surface area contributed by atoms with Crippen molar-refractivity contribution in [2.24, 2.45) is 0 Å². The second-order valence-electron chi connectivity index (χ2n) is 6.75. The molecule has 1 aliphatic rings. The predicted molar refractivity (Wildman–Crippen MR) is 104 cm³/mol. The fraction of sp³-hybridized carbons (Fsp3) is 0.190. The largest absolute Gasteiger partial charge is 0.467 e.